The molecule has 1 aliphatic heterocycles. The van der Waals surface area contributed by atoms with Crippen LogP contribution in [0.2, 0.25) is 0 Å². The van der Waals surface area contributed by atoms with Crippen LogP contribution in [0, 0.1) is 0 Å². The van der Waals surface area contributed by atoms with Gasteiger partial charge < -0.3 is 14.9 Å². The van der Waals surface area contributed by atoms with Gasteiger partial charge in [-0.2, -0.15) is 0 Å². The van der Waals surface area contributed by atoms with Crippen molar-refractivity contribution in [3.05, 3.63) is 10.1 Å². The Kier molecular flexibility index (Phi) is 4.17. The maximum absolute atomic E-state index is 11.4. The van der Waals surface area contributed by atoms with Crippen molar-refractivity contribution < 1.29 is 19.7 Å². The standard InChI is InChI=1S/C9H12BrClO4/c1-2-3-5(12)6-7(10)9(14,4-11)15-8(6)13/h5,12,14H,2-4H2,1H3/t5-,9?/m1/s1. The highest BCUT2D eigenvalue weighted by Crippen LogP contribution is 2.38. The molecule has 0 aromatic carbocycles. The quantitative estimate of drug-likeness (QED) is 0.606. The largest absolute Gasteiger partial charge is 0.423 e. The Labute approximate surface area is 101 Å². The van der Waals surface area contributed by atoms with Gasteiger partial charge in [0.2, 0.25) is 0 Å². The molecule has 0 amide bonds. The minimum atomic E-state index is -1.83. The third-order valence-corrected chi connectivity index (χ3v) is 3.55. The topological polar surface area (TPSA) is 66.8 Å². The van der Waals surface area contributed by atoms with Crippen molar-refractivity contribution in [2.24, 2.45) is 0 Å². The number of halogens is 2. The Morgan fingerprint density at radius 3 is 2.67 bits per heavy atom. The number of aliphatic hydroxyl groups excluding tert-OH is 1. The summed E-state index contributed by atoms with van der Waals surface area (Å²) in [7, 11) is 0. The average Bonchev–Trinajstić information content (AvgIpc) is 2.39. The minimum absolute atomic E-state index is 0.0556. The molecule has 0 aromatic heterocycles. The number of cyclic esters (lactones) is 1. The number of esters is 1. The Morgan fingerprint density at radius 2 is 2.27 bits per heavy atom. The molecule has 0 aromatic rings. The maximum atomic E-state index is 11.4. The van der Waals surface area contributed by atoms with Gasteiger partial charge >= 0.3 is 5.97 Å². The molecule has 0 spiro atoms. The van der Waals surface area contributed by atoms with Gasteiger partial charge in [-0.05, 0) is 22.4 Å². The summed E-state index contributed by atoms with van der Waals surface area (Å²) in [6.45, 7) is 1.88. The monoisotopic (exact) mass is 298 g/mol. The first-order valence-corrected chi connectivity index (χ1v) is 5.89. The van der Waals surface area contributed by atoms with Crippen LogP contribution in [0.15, 0.2) is 10.1 Å². The van der Waals surface area contributed by atoms with Gasteiger partial charge in [-0.1, -0.05) is 13.3 Å². The fourth-order valence-corrected chi connectivity index (χ4v) is 2.34. The molecule has 1 unspecified atom stereocenters. The Bertz CT molecular complexity index is 304. The summed E-state index contributed by atoms with van der Waals surface area (Å²) in [5.41, 5.74) is 0.0556. The van der Waals surface area contributed by atoms with Crippen LogP contribution in [-0.4, -0.2) is 34.0 Å². The number of aliphatic hydroxyl groups is 2. The number of alkyl halides is 1. The molecular weight excluding hydrogens is 287 g/mol. The highest BCUT2D eigenvalue weighted by atomic mass is 79.9. The molecule has 86 valence electrons. The van der Waals surface area contributed by atoms with Gasteiger partial charge in [-0.25, -0.2) is 4.79 Å². The second kappa shape index (κ2) is 4.82. The van der Waals surface area contributed by atoms with E-state index in [0.29, 0.717) is 6.42 Å². The Morgan fingerprint density at radius 1 is 1.67 bits per heavy atom. The van der Waals surface area contributed by atoms with Crippen LogP contribution < -0.4 is 0 Å². The van der Waals surface area contributed by atoms with E-state index < -0.39 is 17.9 Å². The number of hydrogen-bond acceptors (Lipinski definition) is 4. The molecule has 4 nitrogen and oxygen atoms in total. The maximum Gasteiger partial charge on any atom is 0.340 e. The number of rotatable bonds is 4. The van der Waals surface area contributed by atoms with Crippen LogP contribution in [0.25, 0.3) is 0 Å². The van der Waals surface area contributed by atoms with E-state index in [1.165, 1.54) is 0 Å². The van der Waals surface area contributed by atoms with Gasteiger partial charge in [0.25, 0.3) is 5.79 Å². The predicted octanol–water partition coefficient (Wildman–Crippen LogP) is 1.28. The molecule has 0 radical (unpaired) electrons. The van der Waals surface area contributed by atoms with Crippen molar-refractivity contribution in [1.29, 1.82) is 0 Å². The molecule has 0 saturated carbocycles. The fourth-order valence-electron chi connectivity index (χ4n) is 1.34. The average molecular weight is 300 g/mol. The van der Waals surface area contributed by atoms with Gasteiger partial charge in [0, 0.05) is 0 Å². The van der Waals surface area contributed by atoms with E-state index in [0.717, 1.165) is 6.42 Å². The SMILES string of the molecule is CCC[C@@H](O)C1=C(Br)C(O)(CCl)OC1=O. The van der Waals surface area contributed by atoms with Crippen LogP contribution in [0.3, 0.4) is 0 Å². The van der Waals surface area contributed by atoms with Gasteiger partial charge in [-0.3, -0.25) is 0 Å². The zero-order chi connectivity index (χ0) is 11.6. The van der Waals surface area contributed by atoms with Gasteiger partial charge in [0.05, 0.1) is 22.0 Å². The van der Waals surface area contributed by atoms with Crippen LogP contribution >= 0.6 is 27.5 Å². The summed E-state index contributed by atoms with van der Waals surface area (Å²) in [5.74, 6) is -2.84. The fraction of sp³-hybridized carbons (Fsp3) is 0.667. The summed E-state index contributed by atoms with van der Waals surface area (Å²) in [6, 6.07) is 0. The summed E-state index contributed by atoms with van der Waals surface area (Å²) in [4.78, 5) is 11.4. The van der Waals surface area contributed by atoms with E-state index in [1.807, 2.05) is 6.92 Å². The lowest BCUT2D eigenvalue weighted by Crippen LogP contribution is -2.31. The van der Waals surface area contributed by atoms with Gasteiger partial charge in [0.1, 0.15) is 0 Å². The lowest BCUT2D eigenvalue weighted by atomic mass is 10.1. The third kappa shape index (κ3) is 2.36. The first-order valence-electron chi connectivity index (χ1n) is 4.56. The number of ether oxygens (including phenoxy) is 1. The molecule has 0 bridgehead atoms. The van der Waals surface area contributed by atoms with Crippen LogP contribution in [-0.2, 0) is 9.53 Å². The molecule has 6 heteroatoms. The summed E-state index contributed by atoms with van der Waals surface area (Å²) < 4.78 is 4.82. The smallest absolute Gasteiger partial charge is 0.340 e. The van der Waals surface area contributed by atoms with Gasteiger partial charge in [0.15, 0.2) is 0 Å². The first-order chi connectivity index (χ1) is 6.96. The lowest BCUT2D eigenvalue weighted by Gasteiger charge is -2.18. The zero-order valence-electron chi connectivity index (χ0n) is 8.17. The Hall–Kier alpha value is -0.100. The van der Waals surface area contributed by atoms with Crippen molar-refractivity contribution in [3.63, 3.8) is 0 Å². The summed E-state index contributed by atoms with van der Waals surface area (Å²) in [5, 5.41) is 19.4. The van der Waals surface area contributed by atoms with E-state index in [4.69, 9.17) is 16.3 Å². The van der Waals surface area contributed by atoms with Crippen molar-refractivity contribution in [2.75, 3.05) is 5.88 Å². The number of carbonyl (C=O) groups is 1. The van der Waals surface area contributed by atoms with Crippen molar-refractivity contribution in [3.8, 4) is 0 Å². The van der Waals surface area contributed by atoms with E-state index in [1.54, 1.807) is 0 Å². The van der Waals surface area contributed by atoms with E-state index >= 15 is 0 Å². The minimum Gasteiger partial charge on any atom is -0.423 e. The van der Waals surface area contributed by atoms with Crippen LogP contribution in [0.1, 0.15) is 19.8 Å². The second-order valence-corrected chi connectivity index (χ2v) is 4.40. The normalized spacial score (nSPS) is 28.2. The summed E-state index contributed by atoms with van der Waals surface area (Å²) >= 11 is 8.52. The van der Waals surface area contributed by atoms with Crippen molar-refractivity contribution >= 4 is 33.5 Å². The van der Waals surface area contributed by atoms with Gasteiger partial charge in [-0.15, -0.1) is 11.6 Å². The third-order valence-electron chi connectivity index (χ3n) is 2.14. The molecule has 2 N–H and O–H groups in total. The molecule has 0 aliphatic carbocycles. The zero-order valence-corrected chi connectivity index (χ0v) is 10.5. The lowest BCUT2D eigenvalue weighted by molar-refractivity contribution is -0.172. The number of hydrogen-bond donors (Lipinski definition) is 2. The first kappa shape index (κ1) is 13.0. The molecule has 2 atom stereocenters. The van der Waals surface area contributed by atoms with E-state index in [2.05, 4.69) is 15.9 Å². The van der Waals surface area contributed by atoms with Crippen LogP contribution in [0.4, 0.5) is 0 Å². The highest BCUT2D eigenvalue weighted by Gasteiger charge is 2.46. The van der Waals surface area contributed by atoms with Crippen molar-refractivity contribution in [1.82, 2.24) is 0 Å². The highest BCUT2D eigenvalue weighted by molar-refractivity contribution is 9.11. The molecule has 1 heterocycles. The second-order valence-electron chi connectivity index (χ2n) is 3.34. The molecule has 0 fully saturated rings. The molecule has 1 aliphatic rings. The molecule has 1 rings (SSSR count). The van der Waals surface area contributed by atoms with Crippen LogP contribution in [0.5, 0.6) is 0 Å². The van der Waals surface area contributed by atoms with E-state index in [-0.39, 0.29) is 15.9 Å². The Balaban J connectivity index is 2.99. The number of carbonyl (C=O) groups excluding carboxylic acids is 1. The molecule has 15 heavy (non-hydrogen) atoms. The predicted molar refractivity (Wildman–Crippen MR) is 58.6 cm³/mol. The van der Waals surface area contributed by atoms with Crippen molar-refractivity contribution in [2.45, 2.75) is 31.7 Å². The molecule has 0 saturated heterocycles. The van der Waals surface area contributed by atoms with E-state index in [9.17, 15) is 15.0 Å². The summed E-state index contributed by atoms with van der Waals surface area (Å²) in [6.07, 6.45) is 0.212. The molecular formula is C9H12BrClO4.